The molecule has 1 aromatic heterocycles. The van der Waals surface area contributed by atoms with E-state index in [1.807, 2.05) is 24.3 Å². The summed E-state index contributed by atoms with van der Waals surface area (Å²) in [7, 11) is 0. The molecule has 142 valence electrons. The number of carbonyl (C=O) groups excluding carboxylic acids is 2. The Balaban J connectivity index is 1.68. The number of nitrogens with one attached hydrogen (secondary N) is 2. The minimum absolute atomic E-state index is 0.0123. The minimum Gasteiger partial charge on any atom is -0.354 e. The van der Waals surface area contributed by atoms with Crippen LogP contribution in [0.5, 0.6) is 0 Å². The van der Waals surface area contributed by atoms with Crippen LogP contribution in [0.25, 0.3) is 0 Å². The van der Waals surface area contributed by atoms with Crippen LogP contribution in [-0.2, 0) is 0 Å². The predicted molar refractivity (Wildman–Crippen MR) is 112 cm³/mol. The first-order chi connectivity index (χ1) is 13.4. The second-order valence-corrected chi connectivity index (χ2v) is 6.89. The van der Waals surface area contributed by atoms with Crippen LogP contribution in [0.4, 0.5) is 17.1 Å². The average molecular weight is 373 g/mol. The van der Waals surface area contributed by atoms with Gasteiger partial charge < -0.3 is 10.6 Å². The van der Waals surface area contributed by atoms with Crippen molar-refractivity contribution in [2.45, 2.75) is 26.7 Å². The molecule has 0 aliphatic heterocycles. The van der Waals surface area contributed by atoms with E-state index in [0.29, 0.717) is 22.9 Å². The van der Waals surface area contributed by atoms with Gasteiger partial charge in [-0.1, -0.05) is 32.0 Å². The number of carbonyl (C=O) groups is 2. The lowest BCUT2D eigenvalue weighted by molar-refractivity contribution is 0.101. The summed E-state index contributed by atoms with van der Waals surface area (Å²) in [6.45, 7) is 5.80. The molecule has 0 aliphatic carbocycles. The SMILES string of the molecule is CC(=O)c1ccc(NC(=O)c2ccc(Nc3ccccc3C(C)C)cn2)cc1. The number of aromatic nitrogens is 1. The van der Waals surface area contributed by atoms with Crippen molar-refractivity contribution < 1.29 is 9.59 Å². The zero-order valence-corrected chi connectivity index (χ0v) is 16.2. The first-order valence-corrected chi connectivity index (χ1v) is 9.18. The molecule has 2 aromatic carbocycles. The van der Waals surface area contributed by atoms with Crippen LogP contribution >= 0.6 is 0 Å². The number of nitrogens with zero attached hydrogens (tertiary/aromatic N) is 1. The molecule has 0 saturated carbocycles. The van der Waals surface area contributed by atoms with Crippen molar-refractivity contribution in [2.24, 2.45) is 0 Å². The number of amides is 1. The van der Waals surface area contributed by atoms with Gasteiger partial charge in [0.15, 0.2) is 5.78 Å². The van der Waals surface area contributed by atoms with Crippen LogP contribution in [0.15, 0.2) is 66.9 Å². The van der Waals surface area contributed by atoms with Gasteiger partial charge in [-0.3, -0.25) is 9.59 Å². The summed E-state index contributed by atoms with van der Waals surface area (Å²) in [5.74, 6) is 0.0856. The monoisotopic (exact) mass is 373 g/mol. The lowest BCUT2D eigenvalue weighted by Gasteiger charge is -2.14. The maximum Gasteiger partial charge on any atom is 0.274 e. The summed E-state index contributed by atoms with van der Waals surface area (Å²) in [5.41, 5.74) is 4.60. The van der Waals surface area contributed by atoms with Gasteiger partial charge in [0, 0.05) is 16.9 Å². The molecule has 0 aliphatic rings. The normalized spacial score (nSPS) is 10.6. The lowest BCUT2D eigenvalue weighted by atomic mass is 10.0. The van der Waals surface area contributed by atoms with Crippen molar-refractivity contribution in [2.75, 3.05) is 10.6 Å². The fourth-order valence-corrected chi connectivity index (χ4v) is 2.86. The molecule has 5 nitrogen and oxygen atoms in total. The standard InChI is InChI=1S/C23H23N3O2/c1-15(2)20-6-4-5-7-21(20)25-19-12-13-22(24-14-19)23(28)26-18-10-8-17(9-11-18)16(3)27/h4-15,25H,1-3H3,(H,26,28). The Hall–Kier alpha value is -3.47. The summed E-state index contributed by atoms with van der Waals surface area (Å²) in [4.78, 5) is 28.0. The van der Waals surface area contributed by atoms with Crippen LogP contribution < -0.4 is 10.6 Å². The molecule has 0 saturated heterocycles. The Kier molecular flexibility index (Phi) is 5.84. The van der Waals surface area contributed by atoms with Gasteiger partial charge in [0.1, 0.15) is 5.69 Å². The van der Waals surface area contributed by atoms with Crippen molar-refractivity contribution in [3.05, 3.63) is 83.7 Å². The number of benzene rings is 2. The number of ketones is 1. The molecule has 28 heavy (non-hydrogen) atoms. The van der Waals surface area contributed by atoms with Gasteiger partial charge in [0.2, 0.25) is 0 Å². The Morgan fingerprint density at radius 2 is 1.57 bits per heavy atom. The molecular weight excluding hydrogens is 350 g/mol. The van der Waals surface area contributed by atoms with Gasteiger partial charge in [-0.25, -0.2) is 4.98 Å². The molecule has 1 amide bonds. The smallest absolute Gasteiger partial charge is 0.274 e. The molecule has 1 heterocycles. The van der Waals surface area contributed by atoms with E-state index in [1.165, 1.54) is 12.5 Å². The Morgan fingerprint density at radius 1 is 0.893 bits per heavy atom. The highest BCUT2D eigenvalue weighted by Gasteiger charge is 2.10. The number of rotatable bonds is 6. The Labute approximate surface area is 164 Å². The number of para-hydroxylation sites is 1. The molecule has 0 fully saturated rings. The molecular formula is C23H23N3O2. The fourth-order valence-electron chi connectivity index (χ4n) is 2.86. The first-order valence-electron chi connectivity index (χ1n) is 9.18. The van der Waals surface area contributed by atoms with E-state index < -0.39 is 0 Å². The van der Waals surface area contributed by atoms with E-state index in [4.69, 9.17) is 0 Å². The molecule has 3 aromatic rings. The fraction of sp³-hybridized carbons (Fsp3) is 0.174. The molecule has 0 bridgehead atoms. The number of Topliss-reactive ketones (excluding diaryl/α,β-unsaturated/α-hetero) is 1. The summed E-state index contributed by atoms with van der Waals surface area (Å²) in [5, 5.41) is 6.14. The van der Waals surface area contributed by atoms with E-state index in [2.05, 4.69) is 35.5 Å². The third-order valence-corrected chi connectivity index (χ3v) is 4.41. The van der Waals surface area contributed by atoms with Gasteiger partial charge in [-0.2, -0.15) is 0 Å². The maximum absolute atomic E-state index is 12.4. The third kappa shape index (κ3) is 4.62. The minimum atomic E-state index is -0.301. The highest BCUT2D eigenvalue weighted by Crippen LogP contribution is 2.26. The maximum atomic E-state index is 12.4. The van der Waals surface area contributed by atoms with Crippen LogP contribution in [0.2, 0.25) is 0 Å². The van der Waals surface area contributed by atoms with Crippen molar-refractivity contribution >= 4 is 28.8 Å². The van der Waals surface area contributed by atoms with Crippen LogP contribution in [0, 0.1) is 0 Å². The highest BCUT2D eigenvalue weighted by atomic mass is 16.2. The second-order valence-electron chi connectivity index (χ2n) is 6.89. The first kappa shape index (κ1) is 19.3. The van der Waals surface area contributed by atoms with Crippen molar-refractivity contribution in [3.63, 3.8) is 0 Å². The zero-order valence-electron chi connectivity index (χ0n) is 16.2. The summed E-state index contributed by atoms with van der Waals surface area (Å²) in [6.07, 6.45) is 1.64. The van der Waals surface area contributed by atoms with Gasteiger partial charge in [0.25, 0.3) is 5.91 Å². The Morgan fingerprint density at radius 3 is 2.18 bits per heavy atom. The molecule has 5 heteroatoms. The molecule has 0 unspecified atom stereocenters. The van der Waals surface area contributed by atoms with Gasteiger partial charge in [-0.15, -0.1) is 0 Å². The van der Waals surface area contributed by atoms with E-state index in [0.717, 1.165) is 11.4 Å². The van der Waals surface area contributed by atoms with Gasteiger partial charge in [0.05, 0.1) is 11.9 Å². The van der Waals surface area contributed by atoms with E-state index in [-0.39, 0.29) is 11.7 Å². The quantitative estimate of drug-likeness (QED) is 0.567. The molecule has 3 rings (SSSR count). The van der Waals surface area contributed by atoms with Crippen molar-refractivity contribution in [1.82, 2.24) is 4.98 Å². The van der Waals surface area contributed by atoms with Crippen LogP contribution in [-0.4, -0.2) is 16.7 Å². The topological polar surface area (TPSA) is 71.1 Å². The highest BCUT2D eigenvalue weighted by molar-refractivity contribution is 6.03. The number of pyridine rings is 1. The van der Waals surface area contributed by atoms with Gasteiger partial charge >= 0.3 is 0 Å². The molecule has 2 N–H and O–H groups in total. The van der Waals surface area contributed by atoms with E-state index >= 15 is 0 Å². The predicted octanol–water partition coefficient (Wildman–Crippen LogP) is 5.40. The number of hydrogen-bond acceptors (Lipinski definition) is 4. The summed E-state index contributed by atoms with van der Waals surface area (Å²) >= 11 is 0. The van der Waals surface area contributed by atoms with Crippen molar-refractivity contribution in [3.8, 4) is 0 Å². The molecule has 0 radical (unpaired) electrons. The largest absolute Gasteiger partial charge is 0.354 e. The van der Waals surface area contributed by atoms with E-state index in [9.17, 15) is 9.59 Å². The van der Waals surface area contributed by atoms with Crippen molar-refractivity contribution in [1.29, 1.82) is 0 Å². The molecule has 0 spiro atoms. The summed E-state index contributed by atoms with van der Waals surface area (Å²) < 4.78 is 0. The van der Waals surface area contributed by atoms with Crippen LogP contribution in [0.1, 0.15) is 53.1 Å². The summed E-state index contributed by atoms with van der Waals surface area (Å²) in [6, 6.07) is 18.4. The molecule has 0 atom stereocenters. The number of hydrogen-bond donors (Lipinski definition) is 2. The van der Waals surface area contributed by atoms with E-state index in [1.54, 1.807) is 36.5 Å². The second kappa shape index (κ2) is 8.48. The Bertz CT molecular complexity index is 977. The zero-order chi connectivity index (χ0) is 20.1. The van der Waals surface area contributed by atoms with Gasteiger partial charge in [-0.05, 0) is 60.9 Å². The number of anilines is 3. The lowest BCUT2D eigenvalue weighted by Crippen LogP contribution is -2.13. The average Bonchev–Trinajstić information content (AvgIpc) is 2.69. The van der Waals surface area contributed by atoms with Crippen LogP contribution in [0.3, 0.4) is 0 Å². The third-order valence-electron chi connectivity index (χ3n) is 4.41.